The zero-order chi connectivity index (χ0) is 10.8. The van der Waals surface area contributed by atoms with Gasteiger partial charge in [0.2, 0.25) is 5.91 Å². The second kappa shape index (κ2) is 4.16. The Morgan fingerprint density at radius 2 is 2.14 bits per heavy atom. The molecule has 0 radical (unpaired) electrons. The van der Waals surface area contributed by atoms with Crippen molar-refractivity contribution in [1.82, 2.24) is 4.90 Å². The van der Waals surface area contributed by atoms with Crippen LogP contribution in [0.25, 0.3) is 0 Å². The molecule has 1 fully saturated rings. The quantitative estimate of drug-likeness (QED) is 0.631. The smallest absolute Gasteiger partial charge is 0.245 e. The highest BCUT2D eigenvalue weighted by Gasteiger charge is 2.32. The van der Waals surface area contributed by atoms with Crippen molar-refractivity contribution in [3.05, 3.63) is 12.7 Å². The highest BCUT2D eigenvalue weighted by Crippen LogP contribution is 2.33. The second-order valence-electron chi connectivity index (χ2n) is 5.04. The Morgan fingerprint density at radius 1 is 1.57 bits per heavy atom. The summed E-state index contributed by atoms with van der Waals surface area (Å²) < 4.78 is 0. The molecular weight excluding hydrogens is 174 g/mol. The summed E-state index contributed by atoms with van der Waals surface area (Å²) in [5.41, 5.74) is 0.425. The number of nitrogens with zero attached hydrogens (tertiary/aromatic N) is 1. The van der Waals surface area contributed by atoms with Gasteiger partial charge in [0.1, 0.15) is 0 Å². The van der Waals surface area contributed by atoms with E-state index in [9.17, 15) is 4.79 Å². The fourth-order valence-electron chi connectivity index (χ4n) is 1.93. The number of rotatable bonds is 4. The minimum Gasteiger partial charge on any atom is -0.338 e. The van der Waals surface area contributed by atoms with Crippen molar-refractivity contribution in [3.8, 4) is 0 Å². The molecule has 0 aromatic carbocycles. The van der Waals surface area contributed by atoms with Gasteiger partial charge >= 0.3 is 0 Å². The van der Waals surface area contributed by atoms with Crippen molar-refractivity contribution in [1.29, 1.82) is 0 Å². The molecule has 1 heterocycles. The zero-order valence-electron chi connectivity index (χ0n) is 9.55. The van der Waals surface area contributed by atoms with Crippen LogP contribution in [-0.4, -0.2) is 23.9 Å². The maximum Gasteiger partial charge on any atom is 0.245 e. The highest BCUT2D eigenvalue weighted by molar-refractivity contribution is 5.87. The van der Waals surface area contributed by atoms with Crippen LogP contribution in [0, 0.1) is 11.3 Å². The molecule has 0 spiro atoms. The van der Waals surface area contributed by atoms with Gasteiger partial charge in [0, 0.05) is 13.1 Å². The van der Waals surface area contributed by atoms with Gasteiger partial charge < -0.3 is 4.90 Å². The molecule has 80 valence electrons. The minimum absolute atomic E-state index is 0.0792. The molecule has 1 aliphatic heterocycles. The normalized spacial score (nSPS) is 17.8. The largest absolute Gasteiger partial charge is 0.338 e. The van der Waals surface area contributed by atoms with E-state index in [1.165, 1.54) is 18.9 Å². The van der Waals surface area contributed by atoms with Crippen LogP contribution in [0.5, 0.6) is 0 Å². The molecule has 0 aliphatic carbocycles. The first-order valence-corrected chi connectivity index (χ1v) is 5.40. The Balaban J connectivity index is 2.28. The van der Waals surface area contributed by atoms with Crippen LogP contribution in [0.4, 0.5) is 0 Å². The molecule has 1 amide bonds. The van der Waals surface area contributed by atoms with Crippen molar-refractivity contribution in [2.75, 3.05) is 13.1 Å². The van der Waals surface area contributed by atoms with Gasteiger partial charge in [-0.05, 0) is 23.8 Å². The van der Waals surface area contributed by atoms with Gasteiger partial charge in [-0.15, -0.1) is 0 Å². The third kappa shape index (κ3) is 2.60. The van der Waals surface area contributed by atoms with E-state index in [1.54, 1.807) is 0 Å². The SMILES string of the molecule is C=CC(=O)N1CC(CC(C)(C)CC)C1. The standard InChI is InChI=1S/C12H21NO/c1-5-11(14)13-8-10(9-13)7-12(3,4)6-2/h5,10H,1,6-9H2,2-4H3. The summed E-state index contributed by atoms with van der Waals surface area (Å²) in [5, 5.41) is 0. The van der Waals surface area contributed by atoms with E-state index in [2.05, 4.69) is 27.4 Å². The average Bonchev–Trinajstić information content (AvgIpc) is 2.09. The number of carbonyl (C=O) groups excluding carboxylic acids is 1. The lowest BCUT2D eigenvalue weighted by Crippen LogP contribution is -2.50. The summed E-state index contributed by atoms with van der Waals surface area (Å²) >= 11 is 0. The molecule has 1 aliphatic rings. The van der Waals surface area contributed by atoms with Gasteiger partial charge in [-0.3, -0.25) is 4.79 Å². The van der Waals surface area contributed by atoms with Crippen molar-refractivity contribution in [3.63, 3.8) is 0 Å². The predicted molar refractivity (Wildman–Crippen MR) is 59.0 cm³/mol. The minimum atomic E-state index is 0.0792. The predicted octanol–water partition coefficient (Wildman–Crippen LogP) is 2.46. The summed E-state index contributed by atoms with van der Waals surface area (Å²) in [7, 11) is 0. The van der Waals surface area contributed by atoms with Crippen LogP contribution in [0.3, 0.4) is 0 Å². The summed E-state index contributed by atoms with van der Waals surface area (Å²) in [6.07, 6.45) is 3.84. The van der Waals surface area contributed by atoms with Crippen LogP contribution in [0.1, 0.15) is 33.6 Å². The molecule has 0 N–H and O–H groups in total. The summed E-state index contributed by atoms with van der Waals surface area (Å²) in [5.74, 6) is 0.782. The number of amides is 1. The maximum absolute atomic E-state index is 11.2. The lowest BCUT2D eigenvalue weighted by atomic mass is 9.78. The first-order valence-electron chi connectivity index (χ1n) is 5.40. The molecule has 0 unspecified atom stereocenters. The van der Waals surface area contributed by atoms with E-state index in [0.29, 0.717) is 11.3 Å². The zero-order valence-corrected chi connectivity index (χ0v) is 9.55. The topological polar surface area (TPSA) is 20.3 Å². The third-order valence-electron chi connectivity index (χ3n) is 3.24. The van der Waals surface area contributed by atoms with Gasteiger partial charge in [-0.2, -0.15) is 0 Å². The monoisotopic (exact) mass is 195 g/mol. The van der Waals surface area contributed by atoms with Crippen LogP contribution in [0.2, 0.25) is 0 Å². The van der Waals surface area contributed by atoms with Gasteiger partial charge in [-0.25, -0.2) is 0 Å². The summed E-state index contributed by atoms with van der Waals surface area (Å²) in [4.78, 5) is 13.0. The van der Waals surface area contributed by atoms with Gasteiger partial charge in [0.05, 0.1) is 0 Å². The number of hydrogen-bond acceptors (Lipinski definition) is 1. The van der Waals surface area contributed by atoms with E-state index in [-0.39, 0.29) is 5.91 Å². The van der Waals surface area contributed by atoms with E-state index >= 15 is 0 Å². The molecule has 0 bridgehead atoms. The number of hydrogen-bond donors (Lipinski definition) is 0. The molecule has 0 atom stereocenters. The lowest BCUT2D eigenvalue weighted by molar-refractivity contribution is -0.132. The van der Waals surface area contributed by atoms with Gasteiger partial charge in [0.15, 0.2) is 0 Å². The Bertz CT molecular complexity index is 226. The third-order valence-corrected chi connectivity index (χ3v) is 3.24. The molecule has 14 heavy (non-hydrogen) atoms. The van der Waals surface area contributed by atoms with E-state index < -0.39 is 0 Å². The van der Waals surface area contributed by atoms with Crippen molar-refractivity contribution >= 4 is 5.91 Å². The molecule has 0 saturated carbocycles. The van der Waals surface area contributed by atoms with Crippen LogP contribution in [-0.2, 0) is 4.79 Å². The van der Waals surface area contributed by atoms with Crippen LogP contribution in [0.15, 0.2) is 12.7 Å². The molecule has 2 heteroatoms. The Morgan fingerprint density at radius 3 is 2.57 bits per heavy atom. The van der Waals surface area contributed by atoms with Crippen molar-refractivity contribution in [2.24, 2.45) is 11.3 Å². The summed E-state index contributed by atoms with van der Waals surface area (Å²) in [6.45, 7) is 12.2. The Labute approximate surface area is 87.0 Å². The van der Waals surface area contributed by atoms with Crippen LogP contribution >= 0.6 is 0 Å². The van der Waals surface area contributed by atoms with E-state index in [1.807, 2.05) is 4.90 Å². The van der Waals surface area contributed by atoms with Crippen molar-refractivity contribution < 1.29 is 4.79 Å². The Kier molecular flexibility index (Phi) is 3.35. The lowest BCUT2D eigenvalue weighted by Gasteiger charge is -2.42. The molecule has 0 aromatic rings. The van der Waals surface area contributed by atoms with Gasteiger partial charge in [0.25, 0.3) is 0 Å². The summed E-state index contributed by atoms with van der Waals surface area (Å²) in [6, 6.07) is 0. The van der Waals surface area contributed by atoms with Gasteiger partial charge in [-0.1, -0.05) is 33.8 Å². The van der Waals surface area contributed by atoms with Crippen molar-refractivity contribution in [2.45, 2.75) is 33.6 Å². The fourth-order valence-corrected chi connectivity index (χ4v) is 1.93. The highest BCUT2D eigenvalue weighted by atomic mass is 16.2. The first kappa shape index (κ1) is 11.3. The van der Waals surface area contributed by atoms with E-state index in [0.717, 1.165) is 13.1 Å². The number of carbonyl (C=O) groups is 1. The average molecular weight is 195 g/mol. The molecule has 0 aromatic heterocycles. The molecule has 2 nitrogen and oxygen atoms in total. The van der Waals surface area contributed by atoms with E-state index in [4.69, 9.17) is 0 Å². The first-order chi connectivity index (χ1) is 6.48. The number of likely N-dealkylation sites (tertiary alicyclic amines) is 1. The van der Waals surface area contributed by atoms with Crippen LogP contribution < -0.4 is 0 Å². The molecular formula is C12H21NO. The fraction of sp³-hybridized carbons (Fsp3) is 0.750. The Hall–Kier alpha value is -0.790. The second-order valence-corrected chi connectivity index (χ2v) is 5.04. The molecule has 1 rings (SSSR count). The molecule has 1 saturated heterocycles. The maximum atomic E-state index is 11.2.